The minimum Gasteiger partial charge on any atom is -0.478 e. The van der Waals surface area contributed by atoms with Crippen molar-refractivity contribution in [3.8, 4) is 0 Å². The first kappa shape index (κ1) is 16.9. The van der Waals surface area contributed by atoms with Gasteiger partial charge in [0.15, 0.2) is 6.23 Å². The number of carbonyl (C=O) groups is 1. The summed E-state index contributed by atoms with van der Waals surface area (Å²) in [4.78, 5) is 11.1. The van der Waals surface area contributed by atoms with Crippen LogP contribution in [-0.4, -0.2) is 27.9 Å². The monoisotopic (exact) mass is 319 g/mol. The number of aromatic carboxylic acids is 1. The van der Waals surface area contributed by atoms with Gasteiger partial charge in [0.05, 0.1) is 0 Å². The highest BCUT2D eigenvalue weighted by Gasteiger charge is 2.20. The lowest BCUT2D eigenvalue weighted by atomic mass is 10.0. The smallest absolute Gasteiger partial charge is 0.339 e. The van der Waals surface area contributed by atoms with Gasteiger partial charge in [-0.1, -0.05) is 24.3 Å². The van der Waals surface area contributed by atoms with Crippen LogP contribution in [0.25, 0.3) is 0 Å². The first-order valence-corrected chi connectivity index (χ1v) is 7.19. The third-order valence-corrected chi connectivity index (χ3v) is 3.44. The number of nitrogens with one attached hydrogen (secondary N) is 1. The van der Waals surface area contributed by atoms with E-state index in [9.17, 15) is 14.3 Å². The molecule has 1 unspecified atom stereocenters. The van der Waals surface area contributed by atoms with E-state index in [1.54, 1.807) is 12.1 Å². The number of hydrogen-bond donors (Lipinski definition) is 4. The van der Waals surface area contributed by atoms with Crippen LogP contribution in [0.3, 0.4) is 0 Å². The van der Waals surface area contributed by atoms with E-state index in [0.717, 1.165) is 18.1 Å². The molecule has 0 spiro atoms. The fourth-order valence-electron chi connectivity index (χ4n) is 2.28. The van der Waals surface area contributed by atoms with Crippen molar-refractivity contribution in [1.82, 2.24) is 0 Å². The molecule has 0 aliphatic carbocycles. The number of aliphatic hydroxyl groups excluding tert-OH is 2. The Kier molecular flexibility index (Phi) is 5.67. The Morgan fingerprint density at radius 3 is 2.48 bits per heavy atom. The maximum atomic E-state index is 13.6. The number of benzene rings is 2. The molecule has 0 aromatic heterocycles. The van der Waals surface area contributed by atoms with E-state index in [-0.39, 0.29) is 12.2 Å². The molecular formula is C17H18FNO4. The molecule has 0 saturated carbocycles. The summed E-state index contributed by atoms with van der Waals surface area (Å²) in [5, 5.41) is 30.8. The number of halogens is 1. The van der Waals surface area contributed by atoms with Crippen LogP contribution in [0.2, 0.25) is 0 Å². The molecule has 6 heteroatoms. The lowest BCUT2D eigenvalue weighted by Crippen LogP contribution is -2.15. The Labute approximate surface area is 133 Å². The predicted octanol–water partition coefficient (Wildman–Crippen LogP) is 2.55. The Balaban J connectivity index is 2.14. The first-order valence-electron chi connectivity index (χ1n) is 7.19. The molecule has 2 aromatic rings. The zero-order valence-electron chi connectivity index (χ0n) is 12.4. The molecule has 122 valence electrons. The number of hydrogen-bond acceptors (Lipinski definition) is 4. The topological polar surface area (TPSA) is 89.8 Å². The summed E-state index contributed by atoms with van der Waals surface area (Å²) in [7, 11) is 0. The van der Waals surface area contributed by atoms with Gasteiger partial charge in [-0.25, -0.2) is 9.18 Å². The van der Waals surface area contributed by atoms with Crippen molar-refractivity contribution in [2.45, 2.75) is 19.1 Å². The van der Waals surface area contributed by atoms with E-state index >= 15 is 0 Å². The van der Waals surface area contributed by atoms with E-state index in [4.69, 9.17) is 10.2 Å². The molecule has 23 heavy (non-hydrogen) atoms. The first-order chi connectivity index (χ1) is 11.0. The molecule has 2 aromatic carbocycles. The second-order valence-corrected chi connectivity index (χ2v) is 5.08. The number of carboxylic acids is 1. The summed E-state index contributed by atoms with van der Waals surface area (Å²) < 4.78 is 13.6. The van der Waals surface area contributed by atoms with Gasteiger partial charge in [-0.05, 0) is 36.6 Å². The summed E-state index contributed by atoms with van der Waals surface area (Å²) in [5.74, 6) is -2.33. The van der Waals surface area contributed by atoms with Gasteiger partial charge in [-0.2, -0.15) is 0 Å². The Morgan fingerprint density at radius 1 is 1.17 bits per heavy atom. The van der Waals surface area contributed by atoms with Crippen LogP contribution in [0.4, 0.5) is 10.1 Å². The maximum absolute atomic E-state index is 13.6. The van der Waals surface area contributed by atoms with Gasteiger partial charge in [0.25, 0.3) is 0 Å². The normalized spacial score (nSPS) is 12.0. The second-order valence-electron chi connectivity index (χ2n) is 5.08. The largest absolute Gasteiger partial charge is 0.478 e. The minimum absolute atomic E-state index is 0.0399. The molecule has 0 saturated heterocycles. The summed E-state index contributed by atoms with van der Waals surface area (Å²) in [5.41, 5.74) is 1.02. The third kappa shape index (κ3) is 4.28. The number of rotatable bonds is 7. The zero-order chi connectivity index (χ0) is 16.8. The quantitative estimate of drug-likeness (QED) is 0.589. The molecule has 0 radical (unpaired) electrons. The van der Waals surface area contributed by atoms with Gasteiger partial charge < -0.3 is 20.6 Å². The van der Waals surface area contributed by atoms with Crippen molar-refractivity contribution >= 4 is 11.7 Å². The van der Waals surface area contributed by atoms with Gasteiger partial charge in [0.2, 0.25) is 0 Å². The molecule has 1 atom stereocenters. The van der Waals surface area contributed by atoms with Crippen LogP contribution in [0.1, 0.15) is 34.1 Å². The number of aliphatic hydroxyl groups is 2. The van der Waals surface area contributed by atoms with Crippen molar-refractivity contribution in [2.75, 3.05) is 11.9 Å². The zero-order valence-corrected chi connectivity index (χ0v) is 12.4. The highest BCUT2D eigenvalue weighted by atomic mass is 19.1. The SMILES string of the molecule is O=C(O)c1c(F)cccc1C(O)Nc1ccc(CCCO)cc1. The van der Waals surface area contributed by atoms with Crippen molar-refractivity contribution < 1.29 is 24.5 Å². The van der Waals surface area contributed by atoms with E-state index in [1.165, 1.54) is 12.1 Å². The van der Waals surface area contributed by atoms with Crippen LogP contribution in [0, 0.1) is 5.82 Å². The van der Waals surface area contributed by atoms with E-state index in [1.807, 2.05) is 12.1 Å². The predicted molar refractivity (Wildman–Crippen MR) is 83.8 cm³/mol. The summed E-state index contributed by atoms with van der Waals surface area (Å²) >= 11 is 0. The maximum Gasteiger partial charge on any atom is 0.339 e. The van der Waals surface area contributed by atoms with E-state index in [2.05, 4.69) is 5.32 Å². The van der Waals surface area contributed by atoms with Gasteiger partial charge in [0, 0.05) is 17.9 Å². The molecule has 4 N–H and O–H groups in total. The molecule has 5 nitrogen and oxygen atoms in total. The van der Waals surface area contributed by atoms with Gasteiger partial charge in [-0.15, -0.1) is 0 Å². The lowest BCUT2D eigenvalue weighted by molar-refractivity contribution is 0.0685. The number of aryl methyl sites for hydroxylation is 1. The molecule has 0 heterocycles. The Morgan fingerprint density at radius 2 is 1.87 bits per heavy atom. The molecule has 0 aliphatic rings. The van der Waals surface area contributed by atoms with Crippen LogP contribution >= 0.6 is 0 Å². The fourth-order valence-corrected chi connectivity index (χ4v) is 2.28. The second kappa shape index (κ2) is 7.71. The van der Waals surface area contributed by atoms with Crippen LogP contribution < -0.4 is 5.32 Å². The van der Waals surface area contributed by atoms with Crippen molar-refractivity contribution in [3.63, 3.8) is 0 Å². The summed E-state index contributed by atoms with van der Waals surface area (Å²) in [6.45, 7) is 0.121. The van der Waals surface area contributed by atoms with Crippen molar-refractivity contribution in [2.24, 2.45) is 0 Å². The molecule has 0 aliphatic heterocycles. The van der Waals surface area contributed by atoms with Crippen molar-refractivity contribution in [3.05, 3.63) is 65.0 Å². The fraction of sp³-hybridized carbons (Fsp3) is 0.235. The highest BCUT2D eigenvalue weighted by Crippen LogP contribution is 2.23. The Bertz CT molecular complexity index is 673. The van der Waals surface area contributed by atoms with Crippen LogP contribution in [0.5, 0.6) is 0 Å². The number of anilines is 1. The van der Waals surface area contributed by atoms with E-state index < -0.39 is 23.6 Å². The highest BCUT2D eigenvalue weighted by molar-refractivity contribution is 5.90. The molecule has 0 bridgehead atoms. The van der Waals surface area contributed by atoms with Gasteiger partial charge in [-0.3, -0.25) is 0 Å². The van der Waals surface area contributed by atoms with Crippen LogP contribution in [0.15, 0.2) is 42.5 Å². The third-order valence-electron chi connectivity index (χ3n) is 3.44. The summed E-state index contributed by atoms with van der Waals surface area (Å²) in [6.07, 6.45) is 0.0626. The average molecular weight is 319 g/mol. The Hall–Kier alpha value is -2.44. The molecule has 0 amide bonds. The van der Waals surface area contributed by atoms with Gasteiger partial charge in [0.1, 0.15) is 11.4 Å². The number of carboxylic acid groups (broad SMARTS) is 1. The standard InChI is InChI=1S/C17H18FNO4/c18-14-5-1-4-13(15(14)17(22)23)16(21)19-12-8-6-11(7-9-12)3-2-10-20/h1,4-9,16,19-21H,2-3,10H2,(H,22,23). The molecular weight excluding hydrogens is 301 g/mol. The van der Waals surface area contributed by atoms with Crippen molar-refractivity contribution in [1.29, 1.82) is 0 Å². The average Bonchev–Trinajstić information content (AvgIpc) is 2.53. The minimum atomic E-state index is -1.43. The summed E-state index contributed by atoms with van der Waals surface area (Å²) in [6, 6.07) is 10.9. The molecule has 2 rings (SSSR count). The van der Waals surface area contributed by atoms with Gasteiger partial charge >= 0.3 is 5.97 Å². The van der Waals surface area contributed by atoms with Crippen LogP contribution in [-0.2, 0) is 6.42 Å². The lowest BCUT2D eigenvalue weighted by Gasteiger charge is -2.17. The molecule has 0 fully saturated rings. The van der Waals surface area contributed by atoms with E-state index in [0.29, 0.717) is 12.1 Å².